The Morgan fingerprint density at radius 1 is 1.57 bits per heavy atom. The van der Waals surface area contributed by atoms with Crippen LogP contribution < -0.4 is 5.32 Å². The minimum absolute atomic E-state index is 0.0805. The fourth-order valence-electron chi connectivity index (χ4n) is 2.03. The number of aromatic amines is 1. The fraction of sp³-hybridized carbons (Fsp3) is 0.267. The summed E-state index contributed by atoms with van der Waals surface area (Å²) >= 11 is 5.14. The molecule has 6 heteroatoms. The molecule has 1 aromatic carbocycles. The summed E-state index contributed by atoms with van der Waals surface area (Å²) in [6, 6.07) is 7.50. The summed E-state index contributed by atoms with van der Waals surface area (Å²) in [5, 5.41) is 9.81. The third-order valence-electron chi connectivity index (χ3n) is 3.06. The van der Waals surface area contributed by atoms with Crippen LogP contribution in [0.25, 0.3) is 0 Å². The van der Waals surface area contributed by atoms with Gasteiger partial charge >= 0.3 is 0 Å². The van der Waals surface area contributed by atoms with Gasteiger partial charge in [-0.2, -0.15) is 5.10 Å². The maximum Gasteiger partial charge on any atom is 0.251 e. The Bertz CT molecular complexity index is 702. The van der Waals surface area contributed by atoms with Gasteiger partial charge in [0.15, 0.2) is 4.77 Å². The summed E-state index contributed by atoms with van der Waals surface area (Å²) in [6.45, 7) is 6.77. The number of carbonyl (C=O) groups excluding carboxylic acids is 1. The van der Waals surface area contributed by atoms with E-state index in [1.54, 1.807) is 12.1 Å². The zero-order chi connectivity index (χ0) is 15.2. The highest BCUT2D eigenvalue weighted by atomic mass is 32.1. The summed E-state index contributed by atoms with van der Waals surface area (Å²) in [7, 11) is 0. The fourth-order valence-corrected chi connectivity index (χ4v) is 2.26. The van der Waals surface area contributed by atoms with Gasteiger partial charge in [0.25, 0.3) is 5.91 Å². The topological polar surface area (TPSA) is 62.7 Å². The van der Waals surface area contributed by atoms with Gasteiger partial charge in [-0.05, 0) is 31.3 Å². The molecule has 0 unspecified atom stereocenters. The summed E-state index contributed by atoms with van der Waals surface area (Å²) in [4.78, 5) is 12.0. The molecule has 2 N–H and O–H groups in total. The van der Waals surface area contributed by atoms with E-state index in [4.69, 9.17) is 12.2 Å². The molecule has 0 bridgehead atoms. The molecule has 0 fully saturated rings. The molecular weight excluding hydrogens is 284 g/mol. The van der Waals surface area contributed by atoms with Crippen LogP contribution in [-0.2, 0) is 13.0 Å². The van der Waals surface area contributed by atoms with Gasteiger partial charge in [0.05, 0.1) is 0 Å². The molecule has 1 aromatic heterocycles. The lowest BCUT2D eigenvalue weighted by Gasteiger charge is -2.06. The van der Waals surface area contributed by atoms with Gasteiger partial charge in [-0.3, -0.25) is 9.89 Å². The maximum atomic E-state index is 12.0. The summed E-state index contributed by atoms with van der Waals surface area (Å²) in [5.74, 6) is 0.729. The molecule has 5 nitrogen and oxygen atoms in total. The van der Waals surface area contributed by atoms with E-state index < -0.39 is 0 Å². The molecule has 0 spiro atoms. The summed E-state index contributed by atoms with van der Waals surface area (Å²) in [6.07, 6.45) is 2.37. The number of aromatic nitrogens is 3. The van der Waals surface area contributed by atoms with Crippen LogP contribution in [-0.4, -0.2) is 27.2 Å². The number of rotatable bonds is 6. The molecule has 0 aliphatic heterocycles. The first kappa shape index (κ1) is 15.2. The second kappa shape index (κ2) is 6.99. The van der Waals surface area contributed by atoms with Gasteiger partial charge in [0.1, 0.15) is 5.82 Å². The quantitative estimate of drug-likeness (QED) is 0.636. The van der Waals surface area contributed by atoms with Crippen LogP contribution in [0.15, 0.2) is 36.9 Å². The van der Waals surface area contributed by atoms with Crippen molar-refractivity contribution in [1.82, 2.24) is 20.1 Å². The summed E-state index contributed by atoms with van der Waals surface area (Å²) < 4.78 is 2.43. The largest absolute Gasteiger partial charge is 0.352 e. The highest BCUT2D eigenvalue weighted by Crippen LogP contribution is 2.04. The van der Waals surface area contributed by atoms with Gasteiger partial charge in [0, 0.05) is 25.1 Å². The molecule has 2 aromatic rings. The minimum Gasteiger partial charge on any atom is -0.352 e. The SMILES string of the molecule is C=CCn1c(CCNC(=O)c2cccc(C)c2)n[nH]c1=S. The summed E-state index contributed by atoms with van der Waals surface area (Å²) in [5.41, 5.74) is 1.73. The van der Waals surface area contributed by atoms with E-state index in [1.165, 1.54) is 0 Å². The number of nitrogens with zero attached hydrogens (tertiary/aromatic N) is 2. The number of carbonyl (C=O) groups is 1. The van der Waals surface area contributed by atoms with Crippen LogP contribution in [0, 0.1) is 11.7 Å². The monoisotopic (exact) mass is 302 g/mol. The molecule has 0 aliphatic carbocycles. The van der Waals surface area contributed by atoms with E-state index in [0.29, 0.717) is 29.8 Å². The normalized spacial score (nSPS) is 10.3. The number of aryl methyl sites for hydroxylation is 1. The lowest BCUT2D eigenvalue weighted by Crippen LogP contribution is -2.26. The Balaban J connectivity index is 1.94. The standard InChI is InChI=1S/C15H18N4OS/c1-3-9-19-13(17-18-15(19)21)7-8-16-14(20)12-6-4-5-11(2)10-12/h3-6,10H,1,7-9H2,2H3,(H,16,20)(H,18,21). The van der Waals surface area contributed by atoms with Gasteiger partial charge in [-0.1, -0.05) is 23.8 Å². The molecular formula is C15H18N4OS. The Kier molecular flexibility index (Phi) is 5.05. The average Bonchev–Trinajstić information content (AvgIpc) is 2.81. The van der Waals surface area contributed by atoms with Crippen molar-refractivity contribution in [3.63, 3.8) is 0 Å². The molecule has 0 atom stereocenters. The third-order valence-corrected chi connectivity index (χ3v) is 3.38. The Morgan fingerprint density at radius 2 is 2.38 bits per heavy atom. The van der Waals surface area contributed by atoms with Gasteiger partial charge in [-0.15, -0.1) is 6.58 Å². The van der Waals surface area contributed by atoms with E-state index >= 15 is 0 Å². The van der Waals surface area contributed by atoms with E-state index in [2.05, 4.69) is 22.1 Å². The Morgan fingerprint density at radius 3 is 3.10 bits per heavy atom. The van der Waals surface area contributed by atoms with Crippen LogP contribution >= 0.6 is 12.2 Å². The van der Waals surface area contributed by atoms with Gasteiger partial charge in [-0.25, -0.2) is 0 Å². The number of hydrogen-bond acceptors (Lipinski definition) is 3. The second-order valence-electron chi connectivity index (χ2n) is 4.72. The number of benzene rings is 1. The van der Waals surface area contributed by atoms with E-state index in [-0.39, 0.29) is 5.91 Å². The molecule has 0 saturated heterocycles. The minimum atomic E-state index is -0.0805. The van der Waals surface area contributed by atoms with Crippen molar-refractivity contribution in [3.05, 3.63) is 58.6 Å². The van der Waals surface area contributed by atoms with Gasteiger partial charge < -0.3 is 9.88 Å². The lowest BCUT2D eigenvalue weighted by molar-refractivity contribution is 0.0954. The van der Waals surface area contributed by atoms with E-state index in [1.807, 2.05) is 29.7 Å². The van der Waals surface area contributed by atoms with Crippen molar-refractivity contribution in [2.24, 2.45) is 0 Å². The van der Waals surface area contributed by atoms with Crippen molar-refractivity contribution in [2.45, 2.75) is 19.9 Å². The third kappa shape index (κ3) is 3.88. The predicted molar refractivity (Wildman–Crippen MR) is 84.8 cm³/mol. The molecule has 110 valence electrons. The predicted octanol–water partition coefficient (Wildman–Crippen LogP) is 2.41. The van der Waals surface area contributed by atoms with Crippen molar-refractivity contribution in [3.8, 4) is 0 Å². The first-order chi connectivity index (χ1) is 10.1. The van der Waals surface area contributed by atoms with Gasteiger partial charge in [0.2, 0.25) is 0 Å². The first-order valence-electron chi connectivity index (χ1n) is 6.71. The van der Waals surface area contributed by atoms with Crippen molar-refractivity contribution in [1.29, 1.82) is 0 Å². The molecule has 1 heterocycles. The average molecular weight is 302 g/mol. The smallest absolute Gasteiger partial charge is 0.251 e. The van der Waals surface area contributed by atoms with Crippen LogP contribution in [0.1, 0.15) is 21.7 Å². The number of allylic oxidation sites excluding steroid dienone is 1. The van der Waals surface area contributed by atoms with Crippen LogP contribution in [0.3, 0.4) is 0 Å². The second-order valence-corrected chi connectivity index (χ2v) is 5.11. The van der Waals surface area contributed by atoms with Crippen molar-refractivity contribution in [2.75, 3.05) is 6.54 Å². The zero-order valence-corrected chi connectivity index (χ0v) is 12.7. The molecule has 0 aliphatic rings. The molecule has 1 amide bonds. The van der Waals surface area contributed by atoms with Crippen LogP contribution in [0.5, 0.6) is 0 Å². The number of H-pyrrole nitrogens is 1. The van der Waals surface area contributed by atoms with Crippen molar-refractivity contribution >= 4 is 18.1 Å². The number of amides is 1. The van der Waals surface area contributed by atoms with Crippen LogP contribution in [0.4, 0.5) is 0 Å². The lowest BCUT2D eigenvalue weighted by atomic mass is 10.1. The highest BCUT2D eigenvalue weighted by molar-refractivity contribution is 7.71. The van der Waals surface area contributed by atoms with E-state index in [9.17, 15) is 4.79 Å². The van der Waals surface area contributed by atoms with E-state index in [0.717, 1.165) is 11.4 Å². The number of hydrogen-bond donors (Lipinski definition) is 2. The van der Waals surface area contributed by atoms with Crippen LogP contribution in [0.2, 0.25) is 0 Å². The maximum absolute atomic E-state index is 12.0. The molecule has 0 radical (unpaired) electrons. The molecule has 2 rings (SSSR count). The highest BCUT2D eigenvalue weighted by Gasteiger charge is 2.07. The Hall–Kier alpha value is -2.21. The number of nitrogens with one attached hydrogen (secondary N) is 2. The van der Waals surface area contributed by atoms with Crippen molar-refractivity contribution < 1.29 is 4.79 Å². The molecule has 0 saturated carbocycles. The Labute approximate surface area is 128 Å². The first-order valence-corrected chi connectivity index (χ1v) is 7.12. The molecule has 21 heavy (non-hydrogen) atoms. The zero-order valence-electron chi connectivity index (χ0n) is 11.9.